The molecule has 1 atom stereocenters. The van der Waals surface area contributed by atoms with Crippen LogP contribution in [0.3, 0.4) is 0 Å². The highest BCUT2D eigenvalue weighted by Gasteiger charge is 2.22. The predicted octanol–water partition coefficient (Wildman–Crippen LogP) is 3.27. The third kappa shape index (κ3) is 3.86. The smallest absolute Gasteiger partial charge is 0.123 e. The second-order valence-electron chi connectivity index (χ2n) is 5.44. The fourth-order valence-corrected chi connectivity index (χ4v) is 3.65. The summed E-state index contributed by atoms with van der Waals surface area (Å²) in [4.78, 5) is 2.32. The first-order valence-corrected chi connectivity index (χ1v) is 8.06. The Morgan fingerprint density at radius 2 is 2.26 bits per heavy atom. The van der Waals surface area contributed by atoms with Crippen LogP contribution in [0.5, 0.6) is 0 Å². The third-order valence-corrected chi connectivity index (χ3v) is 4.72. The molecule has 0 radical (unpaired) electrons. The topological polar surface area (TPSA) is 15.3 Å². The van der Waals surface area contributed by atoms with Crippen LogP contribution < -0.4 is 10.2 Å². The number of nitrogens with zero attached hydrogens (tertiary/aromatic N) is 1. The molecule has 106 valence electrons. The number of halogens is 1. The molecule has 2 rings (SSSR count). The highest BCUT2D eigenvalue weighted by Crippen LogP contribution is 2.28. The van der Waals surface area contributed by atoms with E-state index in [9.17, 15) is 4.39 Å². The molecule has 4 heteroatoms. The molecule has 2 nitrogen and oxygen atoms in total. The van der Waals surface area contributed by atoms with Gasteiger partial charge in [-0.2, -0.15) is 11.8 Å². The SMILES string of the molecule is CC(C)NCc1cc(F)ccc1N(C)C1CCSC1. The lowest BCUT2D eigenvalue weighted by Crippen LogP contribution is -2.33. The Labute approximate surface area is 119 Å². The molecule has 0 bridgehead atoms. The molecule has 1 aromatic rings. The Hall–Kier alpha value is -0.740. The third-order valence-electron chi connectivity index (χ3n) is 3.58. The molecule has 1 heterocycles. The van der Waals surface area contributed by atoms with E-state index in [4.69, 9.17) is 0 Å². The highest BCUT2D eigenvalue weighted by atomic mass is 32.2. The minimum atomic E-state index is -0.154. The van der Waals surface area contributed by atoms with Gasteiger partial charge in [-0.15, -0.1) is 0 Å². The first-order valence-electron chi connectivity index (χ1n) is 6.90. The summed E-state index contributed by atoms with van der Waals surface area (Å²) in [6.45, 7) is 4.93. The minimum absolute atomic E-state index is 0.154. The van der Waals surface area contributed by atoms with Gasteiger partial charge >= 0.3 is 0 Å². The maximum absolute atomic E-state index is 13.5. The first kappa shape index (κ1) is 14.7. The maximum atomic E-state index is 13.5. The van der Waals surface area contributed by atoms with Crippen molar-refractivity contribution in [1.29, 1.82) is 0 Å². The van der Waals surface area contributed by atoms with Gasteiger partial charge in [-0.1, -0.05) is 13.8 Å². The summed E-state index contributed by atoms with van der Waals surface area (Å²) in [6.07, 6.45) is 1.22. The van der Waals surface area contributed by atoms with Crippen LogP contribution in [0.15, 0.2) is 18.2 Å². The summed E-state index contributed by atoms with van der Waals surface area (Å²) in [7, 11) is 2.13. The normalized spacial score (nSPS) is 19.1. The van der Waals surface area contributed by atoms with Crippen LogP contribution in [0.2, 0.25) is 0 Å². The Kier molecular flexibility index (Phi) is 5.11. The number of anilines is 1. The summed E-state index contributed by atoms with van der Waals surface area (Å²) < 4.78 is 13.5. The van der Waals surface area contributed by atoms with Gasteiger partial charge in [0.2, 0.25) is 0 Å². The summed E-state index contributed by atoms with van der Waals surface area (Å²) in [5, 5.41) is 3.38. The molecule has 0 aromatic heterocycles. The molecule has 1 aliphatic heterocycles. The van der Waals surface area contributed by atoms with Crippen molar-refractivity contribution in [2.45, 2.75) is 38.9 Å². The van der Waals surface area contributed by atoms with Crippen molar-refractivity contribution < 1.29 is 4.39 Å². The van der Waals surface area contributed by atoms with Crippen LogP contribution in [0.25, 0.3) is 0 Å². The molecule has 1 N–H and O–H groups in total. The Morgan fingerprint density at radius 1 is 1.47 bits per heavy atom. The van der Waals surface area contributed by atoms with E-state index >= 15 is 0 Å². The highest BCUT2D eigenvalue weighted by molar-refractivity contribution is 7.99. The van der Waals surface area contributed by atoms with Crippen LogP contribution in [0, 0.1) is 5.82 Å². The number of benzene rings is 1. The lowest BCUT2D eigenvalue weighted by molar-refractivity contribution is 0.578. The second kappa shape index (κ2) is 6.62. The average molecular weight is 282 g/mol. The van der Waals surface area contributed by atoms with Crippen LogP contribution in [-0.4, -0.2) is 30.6 Å². The van der Waals surface area contributed by atoms with E-state index in [-0.39, 0.29) is 5.82 Å². The van der Waals surface area contributed by atoms with Crippen molar-refractivity contribution in [2.75, 3.05) is 23.5 Å². The molecule has 1 aliphatic rings. The number of hydrogen-bond donors (Lipinski definition) is 1. The molecule has 0 amide bonds. The fourth-order valence-electron chi connectivity index (χ4n) is 2.38. The average Bonchev–Trinajstić information content (AvgIpc) is 2.89. The zero-order valence-electron chi connectivity index (χ0n) is 11.9. The molecule has 1 fully saturated rings. The second-order valence-corrected chi connectivity index (χ2v) is 6.59. The molecule has 0 spiro atoms. The summed E-state index contributed by atoms with van der Waals surface area (Å²) in [6, 6.07) is 6.11. The lowest BCUT2D eigenvalue weighted by Gasteiger charge is -2.28. The van der Waals surface area contributed by atoms with Gasteiger partial charge in [-0.25, -0.2) is 4.39 Å². The molecular weight excluding hydrogens is 259 g/mol. The van der Waals surface area contributed by atoms with E-state index < -0.39 is 0 Å². The molecule has 1 saturated heterocycles. The van der Waals surface area contributed by atoms with Crippen molar-refractivity contribution in [3.05, 3.63) is 29.6 Å². The first-order chi connectivity index (χ1) is 9.08. The standard InChI is InChI=1S/C15H23FN2S/c1-11(2)17-9-12-8-13(16)4-5-15(12)18(3)14-6-7-19-10-14/h4-5,8,11,14,17H,6-7,9-10H2,1-3H3. The fraction of sp³-hybridized carbons (Fsp3) is 0.600. The summed E-state index contributed by atoms with van der Waals surface area (Å²) in [5.74, 6) is 2.25. The molecule has 1 unspecified atom stereocenters. The molecule has 19 heavy (non-hydrogen) atoms. The number of hydrogen-bond acceptors (Lipinski definition) is 3. The van der Waals surface area contributed by atoms with Crippen LogP contribution in [-0.2, 0) is 6.54 Å². The monoisotopic (exact) mass is 282 g/mol. The van der Waals surface area contributed by atoms with Crippen molar-refractivity contribution in [2.24, 2.45) is 0 Å². The zero-order chi connectivity index (χ0) is 13.8. The number of nitrogens with one attached hydrogen (secondary N) is 1. The predicted molar refractivity (Wildman–Crippen MR) is 82.5 cm³/mol. The van der Waals surface area contributed by atoms with Gasteiger partial charge in [0.15, 0.2) is 0 Å². The van der Waals surface area contributed by atoms with E-state index in [1.165, 1.54) is 17.9 Å². The van der Waals surface area contributed by atoms with Crippen LogP contribution >= 0.6 is 11.8 Å². The largest absolute Gasteiger partial charge is 0.370 e. The van der Waals surface area contributed by atoms with Gasteiger partial charge in [0, 0.05) is 37.1 Å². The van der Waals surface area contributed by atoms with Gasteiger partial charge in [-0.3, -0.25) is 0 Å². The Balaban J connectivity index is 2.17. The van der Waals surface area contributed by atoms with Crippen molar-refractivity contribution in [1.82, 2.24) is 5.32 Å². The summed E-state index contributed by atoms with van der Waals surface area (Å²) in [5.41, 5.74) is 2.20. The Morgan fingerprint density at radius 3 is 2.89 bits per heavy atom. The molecule has 0 aliphatic carbocycles. The summed E-state index contributed by atoms with van der Waals surface area (Å²) >= 11 is 2.00. The van der Waals surface area contributed by atoms with Gasteiger partial charge in [-0.05, 0) is 35.9 Å². The number of thioether (sulfide) groups is 1. The van der Waals surface area contributed by atoms with E-state index in [0.29, 0.717) is 12.1 Å². The van der Waals surface area contributed by atoms with Gasteiger partial charge in [0.1, 0.15) is 5.82 Å². The maximum Gasteiger partial charge on any atom is 0.123 e. The van der Waals surface area contributed by atoms with Gasteiger partial charge < -0.3 is 10.2 Å². The van der Waals surface area contributed by atoms with Crippen LogP contribution in [0.1, 0.15) is 25.8 Å². The van der Waals surface area contributed by atoms with E-state index in [2.05, 4.69) is 31.1 Å². The number of rotatable bonds is 5. The van der Waals surface area contributed by atoms with Gasteiger partial charge in [0.05, 0.1) is 0 Å². The van der Waals surface area contributed by atoms with Gasteiger partial charge in [0.25, 0.3) is 0 Å². The van der Waals surface area contributed by atoms with E-state index in [0.717, 1.165) is 17.8 Å². The Bertz CT molecular complexity index is 417. The molecular formula is C15H23FN2S. The van der Waals surface area contributed by atoms with E-state index in [1.54, 1.807) is 12.1 Å². The minimum Gasteiger partial charge on any atom is -0.370 e. The quantitative estimate of drug-likeness (QED) is 0.892. The van der Waals surface area contributed by atoms with Crippen LogP contribution in [0.4, 0.5) is 10.1 Å². The van der Waals surface area contributed by atoms with Crippen molar-refractivity contribution in [3.8, 4) is 0 Å². The molecule has 0 saturated carbocycles. The lowest BCUT2D eigenvalue weighted by atomic mass is 10.1. The van der Waals surface area contributed by atoms with E-state index in [1.807, 2.05) is 17.8 Å². The van der Waals surface area contributed by atoms with Crippen molar-refractivity contribution >= 4 is 17.4 Å². The zero-order valence-corrected chi connectivity index (χ0v) is 12.8. The molecule has 1 aromatic carbocycles. The van der Waals surface area contributed by atoms with Crippen molar-refractivity contribution in [3.63, 3.8) is 0 Å².